The average Bonchev–Trinajstić information content (AvgIpc) is 2.98. The third kappa shape index (κ3) is 2.13. The molecule has 2 heterocycles. The van der Waals surface area contributed by atoms with E-state index in [1.165, 1.54) is 0 Å². The maximum absolute atomic E-state index is 12.6. The lowest BCUT2D eigenvalue weighted by molar-refractivity contribution is -0.142. The van der Waals surface area contributed by atoms with Gasteiger partial charge in [0.1, 0.15) is 0 Å². The Morgan fingerprint density at radius 1 is 1.35 bits per heavy atom. The van der Waals surface area contributed by atoms with Crippen molar-refractivity contribution in [2.45, 2.75) is 31.3 Å². The zero-order valence-electron chi connectivity index (χ0n) is 10.6. The maximum atomic E-state index is 12.6. The molecule has 0 spiro atoms. The van der Waals surface area contributed by atoms with Crippen LogP contribution in [-0.4, -0.2) is 34.0 Å². The number of hydrogen-bond donors (Lipinski definition) is 1. The molecule has 1 aromatic rings. The van der Waals surface area contributed by atoms with Gasteiger partial charge in [0.2, 0.25) is 0 Å². The van der Waals surface area contributed by atoms with E-state index in [0.717, 1.165) is 12.8 Å². The number of aliphatic carboxylic acids is 1. The number of carboxylic acid groups (broad SMARTS) is 1. The zero-order chi connectivity index (χ0) is 14.4. The summed E-state index contributed by atoms with van der Waals surface area (Å²) in [6.07, 6.45) is 2.25. The summed E-state index contributed by atoms with van der Waals surface area (Å²) < 4.78 is 0.673. The van der Waals surface area contributed by atoms with Crippen LogP contribution in [0.5, 0.6) is 0 Å². The number of carboxylic acids is 1. The zero-order valence-corrected chi connectivity index (χ0v) is 12.9. The van der Waals surface area contributed by atoms with E-state index in [1.54, 1.807) is 23.1 Å². The van der Waals surface area contributed by atoms with E-state index in [-0.39, 0.29) is 18.0 Å². The molecule has 1 amide bonds. The number of hydrogen-bond acceptors (Lipinski definition) is 2. The Bertz CT molecular complexity index is 592. The highest BCUT2D eigenvalue weighted by Gasteiger charge is 2.51. The predicted octanol–water partition coefficient (Wildman–Crippen LogP) is 3.18. The fourth-order valence-corrected chi connectivity index (χ4v) is 3.85. The second-order valence-corrected chi connectivity index (χ2v) is 6.58. The molecule has 20 heavy (non-hydrogen) atoms. The van der Waals surface area contributed by atoms with Crippen LogP contribution in [0.3, 0.4) is 0 Å². The Morgan fingerprint density at radius 3 is 2.70 bits per heavy atom. The highest BCUT2D eigenvalue weighted by atomic mass is 79.9. The van der Waals surface area contributed by atoms with Crippen molar-refractivity contribution >= 4 is 39.4 Å². The summed E-state index contributed by atoms with van der Waals surface area (Å²) in [6, 6.07) is 4.94. The van der Waals surface area contributed by atoms with E-state index in [1.807, 2.05) is 0 Å². The largest absolute Gasteiger partial charge is 0.481 e. The minimum atomic E-state index is -0.799. The fraction of sp³-hybridized carbons (Fsp3) is 0.429. The molecule has 0 saturated carbocycles. The predicted molar refractivity (Wildman–Crippen MR) is 77.9 cm³/mol. The van der Waals surface area contributed by atoms with Crippen LogP contribution in [0.25, 0.3) is 0 Å². The number of nitrogens with zero attached hydrogens (tertiary/aromatic N) is 1. The Morgan fingerprint density at radius 2 is 2.10 bits per heavy atom. The van der Waals surface area contributed by atoms with Gasteiger partial charge < -0.3 is 10.0 Å². The highest BCUT2D eigenvalue weighted by Crippen LogP contribution is 2.42. The normalized spacial score (nSPS) is 27.9. The Labute approximate surface area is 129 Å². The topological polar surface area (TPSA) is 57.6 Å². The first-order chi connectivity index (χ1) is 9.49. The van der Waals surface area contributed by atoms with Crippen molar-refractivity contribution in [1.29, 1.82) is 0 Å². The molecular weight excluding hydrogens is 346 g/mol. The lowest BCUT2D eigenvalue weighted by Gasteiger charge is -2.23. The Balaban J connectivity index is 1.88. The quantitative estimate of drug-likeness (QED) is 0.883. The van der Waals surface area contributed by atoms with Gasteiger partial charge in [0.05, 0.1) is 10.9 Å². The van der Waals surface area contributed by atoms with E-state index in [9.17, 15) is 14.7 Å². The van der Waals surface area contributed by atoms with Crippen LogP contribution in [0.4, 0.5) is 0 Å². The standard InChI is InChI=1S/C14H13BrClNO3/c15-10-5-7(1-3-11(10)16)13(18)17-8-2-4-12(17)9(6-8)14(19)20/h1,3,5,8-9,12H,2,4,6H2,(H,19,20). The number of carbonyl (C=O) groups is 2. The van der Waals surface area contributed by atoms with Crippen LogP contribution in [0.1, 0.15) is 29.6 Å². The molecule has 3 rings (SSSR count). The minimum absolute atomic E-state index is 0.0584. The van der Waals surface area contributed by atoms with E-state index in [2.05, 4.69) is 15.9 Å². The van der Waals surface area contributed by atoms with Gasteiger partial charge in [0, 0.05) is 22.1 Å². The van der Waals surface area contributed by atoms with E-state index in [4.69, 9.17) is 11.6 Å². The lowest BCUT2D eigenvalue weighted by atomic mass is 9.89. The molecule has 1 N–H and O–H groups in total. The molecule has 2 aliphatic heterocycles. The van der Waals surface area contributed by atoms with Crippen LogP contribution in [0.2, 0.25) is 5.02 Å². The van der Waals surface area contributed by atoms with E-state index >= 15 is 0 Å². The van der Waals surface area contributed by atoms with Gasteiger partial charge in [-0.25, -0.2) is 0 Å². The van der Waals surface area contributed by atoms with Crippen LogP contribution in [0, 0.1) is 5.92 Å². The van der Waals surface area contributed by atoms with Gasteiger partial charge in [-0.1, -0.05) is 11.6 Å². The van der Waals surface area contributed by atoms with E-state index < -0.39 is 11.9 Å². The molecule has 0 radical (unpaired) electrons. The van der Waals surface area contributed by atoms with Crippen molar-refractivity contribution in [1.82, 2.24) is 4.90 Å². The number of rotatable bonds is 2. The SMILES string of the molecule is O=C(O)C1CC2CCC1N2C(=O)c1ccc(Cl)c(Br)c1. The summed E-state index contributed by atoms with van der Waals surface area (Å²) >= 11 is 9.24. The first-order valence-electron chi connectivity index (χ1n) is 6.49. The highest BCUT2D eigenvalue weighted by molar-refractivity contribution is 9.10. The number of fused-ring (bicyclic) bond motifs is 2. The molecule has 2 saturated heterocycles. The summed E-state index contributed by atoms with van der Waals surface area (Å²) in [5.74, 6) is -1.32. The lowest BCUT2D eigenvalue weighted by Crippen LogP contribution is -2.37. The Kier molecular flexibility index (Phi) is 3.50. The fourth-order valence-electron chi connectivity index (χ4n) is 3.35. The number of benzene rings is 1. The van der Waals surface area contributed by atoms with Gasteiger partial charge >= 0.3 is 5.97 Å². The smallest absolute Gasteiger partial charge is 0.308 e. The average molecular weight is 359 g/mol. The first kappa shape index (κ1) is 13.9. The summed E-state index contributed by atoms with van der Waals surface area (Å²) in [4.78, 5) is 25.6. The van der Waals surface area contributed by atoms with Gasteiger partial charge in [-0.3, -0.25) is 9.59 Å². The van der Waals surface area contributed by atoms with Crippen molar-refractivity contribution in [3.05, 3.63) is 33.3 Å². The molecule has 3 unspecified atom stereocenters. The third-order valence-corrected chi connectivity index (χ3v) is 5.47. The molecule has 2 aliphatic rings. The first-order valence-corrected chi connectivity index (χ1v) is 7.66. The van der Waals surface area contributed by atoms with Gasteiger partial charge in [-0.15, -0.1) is 0 Å². The molecule has 1 aromatic carbocycles. The molecule has 2 bridgehead atoms. The molecule has 6 heteroatoms. The van der Waals surface area contributed by atoms with Gasteiger partial charge in [-0.05, 0) is 53.4 Å². The summed E-state index contributed by atoms with van der Waals surface area (Å²) in [6.45, 7) is 0. The molecule has 0 aliphatic carbocycles. The van der Waals surface area contributed by atoms with Crippen LogP contribution >= 0.6 is 27.5 Å². The molecule has 3 atom stereocenters. The van der Waals surface area contributed by atoms with Crippen LogP contribution in [-0.2, 0) is 4.79 Å². The number of amides is 1. The second-order valence-electron chi connectivity index (χ2n) is 5.32. The van der Waals surface area contributed by atoms with Gasteiger partial charge in [0.15, 0.2) is 0 Å². The summed E-state index contributed by atoms with van der Waals surface area (Å²) in [7, 11) is 0. The summed E-state index contributed by atoms with van der Waals surface area (Å²) in [5, 5.41) is 9.77. The van der Waals surface area contributed by atoms with Crippen LogP contribution in [0.15, 0.2) is 22.7 Å². The van der Waals surface area contributed by atoms with Crippen molar-refractivity contribution in [3.8, 4) is 0 Å². The second kappa shape index (κ2) is 5.04. The molecular formula is C14H13BrClNO3. The summed E-state index contributed by atoms with van der Waals surface area (Å²) in [5.41, 5.74) is 0.546. The van der Waals surface area contributed by atoms with E-state index in [0.29, 0.717) is 21.5 Å². The molecule has 4 nitrogen and oxygen atoms in total. The van der Waals surface area contributed by atoms with Crippen molar-refractivity contribution < 1.29 is 14.7 Å². The van der Waals surface area contributed by atoms with Gasteiger partial charge in [-0.2, -0.15) is 0 Å². The van der Waals surface area contributed by atoms with Crippen molar-refractivity contribution in [2.75, 3.05) is 0 Å². The Hall–Kier alpha value is -1.07. The maximum Gasteiger partial charge on any atom is 0.308 e. The number of halogens is 2. The number of carbonyl (C=O) groups excluding carboxylic acids is 1. The van der Waals surface area contributed by atoms with Gasteiger partial charge in [0.25, 0.3) is 5.91 Å². The minimum Gasteiger partial charge on any atom is -0.481 e. The molecule has 2 fully saturated rings. The third-order valence-electron chi connectivity index (χ3n) is 4.26. The molecule has 106 valence electrons. The monoisotopic (exact) mass is 357 g/mol. The van der Waals surface area contributed by atoms with Crippen molar-refractivity contribution in [2.24, 2.45) is 5.92 Å². The van der Waals surface area contributed by atoms with Crippen LogP contribution < -0.4 is 0 Å². The van der Waals surface area contributed by atoms with Crippen molar-refractivity contribution in [3.63, 3.8) is 0 Å². The molecule has 0 aromatic heterocycles.